The summed E-state index contributed by atoms with van der Waals surface area (Å²) in [7, 11) is 0. The van der Waals surface area contributed by atoms with Gasteiger partial charge < -0.3 is 4.74 Å². The molecule has 0 saturated heterocycles. The Morgan fingerprint density at radius 3 is 2.82 bits per heavy atom. The lowest BCUT2D eigenvalue weighted by atomic mass is 10.2. The number of hydrogen-bond acceptors (Lipinski definition) is 7. The molecule has 0 radical (unpaired) electrons. The molecule has 2 aromatic heterocycles. The van der Waals surface area contributed by atoms with Crippen molar-refractivity contribution in [3.05, 3.63) is 27.7 Å². The van der Waals surface area contributed by atoms with Crippen LogP contribution in [0.2, 0.25) is 0 Å². The predicted octanol–water partition coefficient (Wildman–Crippen LogP) is 2.16. The van der Waals surface area contributed by atoms with Crippen LogP contribution in [0, 0.1) is 6.92 Å². The fourth-order valence-corrected chi connectivity index (χ4v) is 2.69. The number of aryl methyl sites for hydroxylation is 2. The second kappa shape index (κ2) is 7.79. The van der Waals surface area contributed by atoms with Gasteiger partial charge in [-0.25, -0.2) is 4.68 Å². The largest absolute Gasteiger partial charge is 0.457 e. The standard InChI is InChI=1S/C14H18N4O3S/c1-3-8-18-13(15-16-17-18)9-21-14(20)7-5-11(19)12-6-4-10(2)22-12/h4,6H,3,5,7-9H2,1-2H3. The van der Waals surface area contributed by atoms with E-state index in [4.69, 9.17) is 4.74 Å². The smallest absolute Gasteiger partial charge is 0.306 e. The van der Waals surface area contributed by atoms with Crippen LogP contribution >= 0.6 is 11.3 Å². The van der Waals surface area contributed by atoms with Crippen LogP contribution in [-0.4, -0.2) is 32.0 Å². The van der Waals surface area contributed by atoms with E-state index < -0.39 is 5.97 Å². The maximum Gasteiger partial charge on any atom is 0.306 e. The molecule has 7 nitrogen and oxygen atoms in total. The second-order valence-corrected chi connectivity index (χ2v) is 6.10. The van der Waals surface area contributed by atoms with Gasteiger partial charge in [0.05, 0.1) is 11.3 Å². The zero-order chi connectivity index (χ0) is 15.9. The molecule has 8 heteroatoms. The molecule has 0 aliphatic rings. The fraction of sp³-hybridized carbons (Fsp3) is 0.500. The van der Waals surface area contributed by atoms with E-state index in [1.165, 1.54) is 11.3 Å². The van der Waals surface area contributed by atoms with Gasteiger partial charge in [0, 0.05) is 17.8 Å². The van der Waals surface area contributed by atoms with Crippen LogP contribution < -0.4 is 0 Å². The first-order valence-corrected chi connectivity index (χ1v) is 7.92. The van der Waals surface area contributed by atoms with Crippen LogP contribution in [0.25, 0.3) is 0 Å². The van der Waals surface area contributed by atoms with Crippen molar-refractivity contribution in [2.75, 3.05) is 0 Å². The molecule has 0 N–H and O–H groups in total. The minimum atomic E-state index is -0.423. The summed E-state index contributed by atoms with van der Waals surface area (Å²) in [5.74, 6) is 0.0500. The normalized spacial score (nSPS) is 10.6. The molecule has 0 saturated carbocycles. The van der Waals surface area contributed by atoms with E-state index in [0.29, 0.717) is 17.2 Å². The lowest BCUT2D eigenvalue weighted by molar-refractivity contribution is -0.145. The monoisotopic (exact) mass is 322 g/mol. The van der Waals surface area contributed by atoms with E-state index in [-0.39, 0.29) is 25.2 Å². The molecule has 2 aromatic rings. The third-order valence-electron chi connectivity index (χ3n) is 2.98. The number of carbonyl (C=O) groups is 2. The highest BCUT2D eigenvalue weighted by molar-refractivity contribution is 7.14. The lowest BCUT2D eigenvalue weighted by Gasteiger charge is -2.04. The summed E-state index contributed by atoms with van der Waals surface area (Å²) >= 11 is 1.43. The van der Waals surface area contributed by atoms with E-state index in [0.717, 1.165) is 11.3 Å². The number of aromatic nitrogens is 4. The Morgan fingerprint density at radius 1 is 1.32 bits per heavy atom. The van der Waals surface area contributed by atoms with Crippen molar-refractivity contribution in [1.29, 1.82) is 0 Å². The molecule has 0 fully saturated rings. The molecule has 0 aliphatic heterocycles. The number of nitrogens with zero attached hydrogens (tertiary/aromatic N) is 4. The molecule has 0 aliphatic carbocycles. The minimum absolute atomic E-state index is 0.0259. The highest BCUT2D eigenvalue weighted by atomic mass is 32.1. The van der Waals surface area contributed by atoms with Gasteiger partial charge in [0.2, 0.25) is 0 Å². The summed E-state index contributed by atoms with van der Waals surface area (Å²) in [6.45, 7) is 4.65. The first-order chi connectivity index (χ1) is 10.6. The van der Waals surface area contributed by atoms with E-state index in [1.54, 1.807) is 10.7 Å². The summed E-state index contributed by atoms with van der Waals surface area (Å²) in [4.78, 5) is 25.4. The van der Waals surface area contributed by atoms with Crippen molar-refractivity contribution in [1.82, 2.24) is 20.2 Å². The molecule has 0 spiro atoms. The Morgan fingerprint density at radius 2 is 2.14 bits per heavy atom. The summed E-state index contributed by atoms with van der Waals surface area (Å²) in [5.41, 5.74) is 0. The maximum absolute atomic E-state index is 11.9. The van der Waals surface area contributed by atoms with Gasteiger partial charge in [-0.3, -0.25) is 9.59 Å². The van der Waals surface area contributed by atoms with Crippen molar-refractivity contribution in [3.8, 4) is 0 Å². The molecule has 0 atom stereocenters. The number of Topliss-reactive ketones (excluding diaryl/α,β-unsaturated/α-hetero) is 1. The number of ether oxygens (including phenoxy) is 1. The Labute approximate surface area is 132 Å². The molecule has 0 unspecified atom stereocenters. The van der Waals surface area contributed by atoms with E-state index in [1.807, 2.05) is 19.9 Å². The number of thiophene rings is 1. The molecule has 0 aromatic carbocycles. The van der Waals surface area contributed by atoms with E-state index in [2.05, 4.69) is 15.5 Å². The van der Waals surface area contributed by atoms with Crippen LogP contribution in [-0.2, 0) is 22.7 Å². The molecule has 22 heavy (non-hydrogen) atoms. The minimum Gasteiger partial charge on any atom is -0.457 e. The lowest BCUT2D eigenvalue weighted by Crippen LogP contribution is -2.11. The number of rotatable bonds is 8. The first-order valence-electron chi connectivity index (χ1n) is 7.10. The molecular formula is C14H18N4O3S. The molecule has 2 rings (SSSR count). The topological polar surface area (TPSA) is 87.0 Å². The van der Waals surface area contributed by atoms with Gasteiger partial charge >= 0.3 is 5.97 Å². The molecule has 2 heterocycles. The summed E-state index contributed by atoms with van der Waals surface area (Å²) < 4.78 is 6.72. The van der Waals surface area contributed by atoms with Crippen LogP contribution in [0.3, 0.4) is 0 Å². The third-order valence-corrected chi connectivity index (χ3v) is 4.02. The predicted molar refractivity (Wildman–Crippen MR) is 80.5 cm³/mol. The van der Waals surface area contributed by atoms with Gasteiger partial charge in [0.15, 0.2) is 18.2 Å². The molecule has 0 amide bonds. The van der Waals surface area contributed by atoms with Gasteiger partial charge in [-0.1, -0.05) is 6.92 Å². The number of hydrogen-bond donors (Lipinski definition) is 0. The van der Waals surface area contributed by atoms with Crippen molar-refractivity contribution in [2.24, 2.45) is 0 Å². The maximum atomic E-state index is 11.9. The van der Waals surface area contributed by atoms with Crippen molar-refractivity contribution in [3.63, 3.8) is 0 Å². The molecule has 0 bridgehead atoms. The Kier molecular flexibility index (Phi) is 5.76. The van der Waals surface area contributed by atoms with Gasteiger partial charge in [-0.05, 0) is 35.9 Å². The molecular weight excluding hydrogens is 304 g/mol. The number of tetrazole rings is 1. The van der Waals surface area contributed by atoms with Gasteiger partial charge in [-0.15, -0.1) is 16.4 Å². The van der Waals surface area contributed by atoms with Crippen LogP contribution in [0.4, 0.5) is 0 Å². The highest BCUT2D eigenvalue weighted by Crippen LogP contribution is 2.17. The number of carbonyl (C=O) groups excluding carboxylic acids is 2. The second-order valence-electron chi connectivity index (χ2n) is 4.81. The summed E-state index contributed by atoms with van der Waals surface area (Å²) in [5, 5.41) is 11.2. The van der Waals surface area contributed by atoms with Gasteiger partial charge in [0.1, 0.15) is 0 Å². The fourth-order valence-electron chi connectivity index (χ4n) is 1.85. The highest BCUT2D eigenvalue weighted by Gasteiger charge is 2.13. The third kappa shape index (κ3) is 4.45. The molecule has 118 valence electrons. The SMILES string of the molecule is CCCn1nnnc1COC(=O)CCC(=O)c1ccc(C)s1. The Bertz CT molecular complexity index is 650. The summed E-state index contributed by atoms with van der Waals surface area (Å²) in [6, 6.07) is 3.68. The average Bonchev–Trinajstić information content (AvgIpc) is 3.12. The zero-order valence-corrected chi connectivity index (χ0v) is 13.4. The number of ketones is 1. The van der Waals surface area contributed by atoms with Crippen LogP contribution in [0.5, 0.6) is 0 Å². The van der Waals surface area contributed by atoms with Crippen molar-refractivity contribution < 1.29 is 14.3 Å². The van der Waals surface area contributed by atoms with Gasteiger partial charge in [0.25, 0.3) is 0 Å². The Hall–Kier alpha value is -2.09. The van der Waals surface area contributed by atoms with Crippen LogP contribution in [0.15, 0.2) is 12.1 Å². The zero-order valence-electron chi connectivity index (χ0n) is 12.6. The average molecular weight is 322 g/mol. The summed E-state index contributed by atoms with van der Waals surface area (Å²) in [6.07, 6.45) is 1.10. The van der Waals surface area contributed by atoms with Gasteiger partial charge in [-0.2, -0.15) is 0 Å². The van der Waals surface area contributed by atoms with Crippen molar-refractivity contribution in [2.45, 2.75) is 46.3 Å². The first kappa shape index (κ1) is 16.3. The van der Waals surface area contributed by atoms with Crippen molar-refractivity contribution >= 4 is 23.1 Å². The van der Waals surface area contributed by atoms with E-state index >= 15 is 0 Å². The van der Waals surface area contributed by atoms with Crippen LogP contribution in [0.1, 0.15) is 46.6 Å². The quantitative estimate of drug-likeness (QED) is 0.547. The van der Waals surface area contributed by atoms with E-state index in [9.17, 15) is 9.59 Å². The Balaban J connectivity index is 1.76. The number of esters is 1.